The van der Waals surface area contributed by atoms with Gasteiger partial charge in [0.1, 0.15) is 17.3 Å². The summed E-state index contributed by atoms with van der Waals surface area (Å²) < 4.78 is 69.7. The van der Waals surface area contributed by atoms with Crippen molar-refractivity contribution >= 4 is 11.6 Å². The third-order valence-electron chi connectivity index (χ3n) is 3.50. The monoisotopic (exact) mass is 399 g/mol. The number of aromatic amines is 1. The summed E-state index contributed by atoms with van der Waals surface area (Å²) in [4.78, 5) is 12.0. The Morgan fingerprint density at radius 1 is 1.14 bits per heavy atom. The predicted octanol–water partition coefficient (Wildman–Crippen LogP) is 3.85. The van der Waals surface area contributed by atoms with Crippen molar-refractivity contribution in [2.45, 2.75) is 13.1 Å². The van der Waals surface area contributed by atoms with Crippen LogP contribution in [-0.4, -0.2) is 26.3 Å². The number of alkyl halides is 3. The maximum atomic E-state index is 13.6. The molecule has 3 rings (SSSR count). The Morgan fingerprint density at radius 3 is 2.46 bits per heavy atom. The number of ether oxygens (including phenoxy) is 1. The molecule has 3 aromatic rings. The average Bonchev–Trinajstić information content (AvgIpc) is 2.99. The molecule has 1 aromatic carbocycles. The molecular weight excluding hydrogens is 389 g/mol. The first-order valence-corrected chi connectivity index (χ1v) is 7.55. The topological polar surface area (TPSA) is 92.8 Å². The third kappa shape index (κ3) is 4.05. The van der Waals surface area contributed by atoms with Crippen molar-refractivity contribution < 1.29 is 31.5 Å². The number of rotatable bonds is 4. The molecule has 0 bridgehead atoms. The maximum absolute atomic E-state index is 13.6. The Balaban J connectivity index is 1.71. The van der Waals surface area contributed by atoms with Gasteiger partial charge in [0.15, 0.2) is 5.69 Å². The molecule has 2 N–H and O–H groups in total. The first-order chi connectivity index (χ1) is 13.1. The number of nitrogens with zero attached hydrogens (tertiary/aromatic N) is 3. The van der Waals surface area contributed by atoms with Gasteiger partial charge in [-0.05, 0) is 25.1 Å². The van der Waals surface area contributed by atoms with Gasteiger partial charge in [0.2, 0.25) is 11.8 Å². The SMILES string of the molecule is Cc1c(Oc2ccc(C(=O)Nc3ccc(F)cc3F)nn2)n[nH]c1C(F)(F)F. The second-order valence-electron chi connectivity index (χ2n) is 5.46. The standard InChI is InChI=1S/C16H10F5N5O2/c1-7-13(16(19,20)21)25-26-15(7)28-12-5-4-11(23-24-12)14(27)22-10-3-2-8(17)6-9(10)18/h2-6H,1H3,(H,22,27)(H,25,26). The van der Waals surface area contributed by atoms with Gasteiger partial charge in [0, 0.05) is 17.7 Å². The summed E-state index contributed by atoms with van der Waals surface area (Å²) in [6, 6.07) is 4.92. The van der Waals surface area contributed by atoms with E-state index >= 15 is 0 Å². The van der Waals surface area contributed by atoms with Gasteiger partial charge < -0.3 is 10.1 Å². The zero-order valence-corrected chi connectivity index (χ0v) is 13.9. The van der Waals surface area contributed by atoms with Crippen molar-refractivity contribution in [2.75, 3.05) is 5.32 Å². The lowest BCUT2D eigenvalue weighted by atomic mass is 10.2. The normalized spacial score (nSPS) is 11.4. The molecule has 7 nitrogen and oxygen atoms in total. The molecule has 0 saturated heterocycles. The number of carbonyl (C=O) groups excluding carboxylic acids is 1. The fourth-order valence-electron chi connectivity index (χ4n) is 2.13. The zero-order chi connectivity index (χ0) is 20.5. The number of halogens is 5. The summed E-state index contributed by atoms with van der Waals surface area (Å²) in [6.45, 7) is 1.16. The first kappa shape index (κ1) is 19.2. The molecule has 28 heavy (non-hydrogen) atoms. The second-order valence-corrected chi connectivity index (χ2v) is 5.46. The van der Waals surface area contributed by atoms with E-state index in [1.165, 1.54) is 6.07 Å². The van der Waals surface area contributed by atoms with Crippen LogP contribution in [0.5, 0.6) is 11.8 Å². The van der Waals surface area contributed by atoms with Gasteiger partial charge in [0.25, 0.3) is 5.91 Å². The molecule has 2 aromatic heterocycles. The number of nitrogens with one attached hydrogen (secondary N) is 2. The molecule has 0 atom stereocenters. The van der Waals surface area contributed by atoms with E-state index in [1.54, 1.807) is 0 Å². The summed E-state index contributed by atoms with van der Waals surface area (Å²) >= 11 is 0. The molecule has 0 saturated carbocycles. The van der Waals surface area contributed by atoms with Crippen LogP contribution in [0.4, 0.5) is 27.6 Å². The van der Waals surface area contributed by atoms with E-state index in [2.05, 4.69) is 20.6 Å². The van der Waals surface area contributed by atoms with Crippen LogP contribution in [0.1, 0.15) is 21.7 Å². The van der Waals surface area contributed by atoms with Crippen molar-refractivity contribution in [3.8, 4) is 11.8 Å². The number of carbonyl (C=O) groups is 1. The summed E-state index contributed by atoms with van der Waals surface area (Å²) in [7, 11) is 0. The van der Waals surface area contributed by atoms with Gasteiger partial charge in [-0.25, -0.2) is 8.78 Å². The Labute approximate surface area is 153 Å². The molecule has 12 heteroatoms. The highest BCUT2D eigenvalue weighted by atomic mass is 19.4. The van der Waals surface area contributed by atoms with E-state index in [-0.39, 0.29) is 28.7 Å². The van der Waals surface area contributed by atoms with Crippen LogP contribution in [0.3, 0.4) is 0 Å². The number of benzene rings is 1. The van der Waals surface area contributed by atoms with Gasteiger partial charge in [-0.15, -0.1) is 15.3 Å². The smallest absolute Gasteiger partial charge is 0.417 e. The molecule has 0 spiro atoms. The highest BCUT2D eigenvalue weighted by Gasteiger charge is 2.36. The minimum atomic E-state index is -4.62. The van der Waals surface area contributed by atoms with Crippen molar-refractivity contribution in [1.29, 1.82) is 0 Å². The van der Waals surface area contributed by atoms with Crippen LogP contribution in [0.25, 0.3) is 0 Å². The molecule has 146 valence electrons. The Bertz CT molecular complexity index is 1020. The second kappa shape index (κ2) is 7.21. The highest BCUT2D eigenvalue weighted by molar-refractivity contribution is 6.02. The third-order valence-corrected chi connectivity index (χ3v) is 3.50. The number of hydrogen-bond acceptors (Lipinski definition) is 5. The fourth-order valence-corrected chi connectivity index (χ4v) is 2.13. The van der Waals surface area contributed by atoms with E-state index in [0.29, 0.717) is 6.07 Å². The summed E-state index contributed by atoms with van der Waals surface area (Å²) in [5, 5.41) is 14.6. The van der Waals surface area contributed by atoms with Crippen LogP contribution in [0, 0.1) is 18.6 Å². The van der Waals surface area contributed by atoms with E-state index < -0.39 is 29.4 Å². The number of aromatic nitrogens is 4. The molecule has 1 amide bonds. The van der Waals surface area contributed by atoms with Crippen LogP contribution < -0.4 is 10.1 Å². The van der Waals surface area contributed by atoms with E-state index in [9.17, 15) is 26.7 Å². The number of anilines is 1. The fraction of sp³-hybridized carbons (Fsp3) is 0.125. The number of amides is 1. The molecule has 0 aliphatic carbocycles. The molecule has 0 fully saturated rings. The molecule has 0 aliphatic heterocycles. The Hall–Kier alpha value is -3.57. The molecule has 2 heterocycles. The van der Waals surface area contributed by atoms with E-state index in [1.807, 2.05) is 5.10 Å². The zero-order valence-electron chi connectivity index (χ0n) is 13.9. The minimum absolute atomic E-state index is 0.215. The van der Waals surface area contributed by atoms with Gasteiger partial charge >= 0.3 is 6.18 Å². The predicted molar refractivity (Wildman–Crippen MR) is 84.7 cm³/mol. The number of H-pyrrole nitrogens is 1. The van der Waals surface area contributed by atoms with Crippen molar-refractivity contribution in [3.63, 3.8) is 0 Å². The maximum Gasteiger partial charge on any atom is 0.433 e. The average molecular weight is 399 g/mol. The summed E-state index contributed by atoms with van der Waals surface area (Å²) in [5.74, 6) is -3.19. The van der Waals surface area contributed by atoms with Gasteiger partial charge in [-0.3, -0.25) is 9.89 Å². The van der Waals surface area contributed by atoms with Gasteiger partial charge in [-0.2, -0.15) is 13.2 Å². The van der Waals surface area contributed by atoms with E-state index in [0.717, 1.165) is 25.1 Å². The van der Waals surface area contributed by atoms with Crippen molar-refractivity contribution in [3.05, 3.63) is 58.9 Å². The molecular formula is C16H10F5N5O2. The Morgan fingerprint density at radius 2 is 1.89 bits per heavy atom. The van der Waals surface area contributed by atoms with Gasteiger partial charge in [-0.1, -0.05) is 0 Å². The largest absolute Gasteiger partial charge is 0.433 e. The summed E-state index contributed by atoms with van der Waals surface area (Å²) in [6.07, 6.45) is -4.62. The quantitative estimate of drug-likeness (QED) is 0.650. The molecule has 0 unspecified atom stereocenters. The van der Waals surface area contributed by atoms with E-state index in [4.69, 9.17) is 4.74 Å². The molecule has 0 aliphatic rings. The van der Waals surface area contributed by atoms with Crippen molar-refractivity contribution in [2.24, 2.45) is 0 Å². The summed E-state index contributed by atoms with van der Waals surface area (Å²) in [5.41, 5.74) is -1.83. The van der Waals surface area contributed by atoms with Crippen LogP contribution in [0.15, 0.2) is 30.3 Å². The van der Waals surface area contributed by atoms with Crippen LogP contribution in [0.2, 0.25) is 0 Å². The number of hydrogen-bond donors (Lipinski definition) is 2. The Kier molecular flexibility index (Phi) is 4.94. The highest BCUT2D eigenvalue weighted by Crippen LogP contribution is 2.34. The van der Waals surface area contributed by atoms with Crippen LogP contribution >= 0.6 is 0 Å². The van der Waals surface area contributed by atoms with Crippen molar-refractivity contribution in [1.82, 2.24) is 20.4 Å². The van der Waals surface area contributed by atoms with Crippen LogP contribution in [-0.2, 0) is 6.18 Å². The molecule has 0 radical (unpaired) electrons. The lowest BCUT2D eigenvalue weighted by Gasteiger charge is -2.07. The minimum Gasteiger partial charge on any atom is -0.417 e. The first-order valence-electron chi connectivity index (χ1n) is 7.55. The lowest BCUT2D eigenvalue weighted by Crippen LogP contribution is -2.15. The lowest BCUT2D eigenvalue weighted by molar-refractivity contribution is -0.141. The van der Waals surface area contributed by atoms with Gasteiger partial charge in [0.05, 0.1) is 5.69 Å².